The molecule has 0 bridgehead atoms. The zero-order valence-corrected chi connectivity index (χ0v) is 17.1. The first-order chi connectivity index (χ1) is 14.0. The van der Waals surface area contributed by atoms with Gasteiger partial charge in [-0.2, -0.15) is 0 Å². The Bertz CT molecular complexity index is 1010. The van der Waals surface area contributed by atoms with Crippen molar-refractivity contribution < 1.29 is 19.4 Å². The van der Waals surface area contributed by atoms with Gasteiger partial charge in [0.05, 0.1) is 18.4 Å². The van der Waals surface area contributed by atoms with Crippen molar-refractivity contribution in [3.05, 3.63) is 64.5 Å². The average molecular weight is 410 g/mol. The molecule has 0 radical (unpaired) electrons. The summed E-state index contributed by atoms with van der Waals surface area (Å²) in [5.74, 6) is -0.527. The number of benzene rings is 2. The summed E-state index contributed by atoms with van der Waals surface area (Å²) < 4.78 is 5.52. The van der Waals surface area contributed by atoms with Crippen LogP contribution in [0.15, 0.2) is 47.8 Å². The van der Waals surface area contributed by atoms with Crippen LogP contribution in [0, 0.1) is 0 Å². The van der Waals surface area contributed by atoms with Crippen LogP contribution in [-0.2, 0) is 6.42 Å². The molecule has 0 spiro atoms. The molecule has 150 valence electrons. The minimum Gasteiger partial charge on any atom is -0.496 e. The number of anilines is 1. The van der Waals surface area contributed by atoms with E-state index in [0.717, 1.165) is 36.3 Å². The van der Waals surface area contributed by atoms with Crippen LogP contribution in [0.5, 0.6) is 5.75 Å². The summed E-state index contributed by atoms with van der Waals surface area (Å²) >= 11 is 1.33. The predicted molar refractivity (Wildman–Crippen MR) is 114 cm³/mol. The monoisotopic (exact) mass is 410 g/mol. The van der Waals surface area contributed by atoms with Crippen molar-refractivity contribution in [2.45, 2.75) is 26.2 Å². The Morgan fingerprint density at radius 3 is 2.52 bits per heavy atom. The van der Waals surface area contributed by atoms with Crippen LogP contribution in [0.25, 0.3) is 11.3 Å². The topological polar surface area (TPSA) is 88.5 Å². The SMILES string of the molecule is CCCCc1ccc(-c2csc(NC(=O)c3ccc(C(=O)O)cc3)n2)cc1OC. The third-order valence-electron chi connectivity index (χ3n) is 4.50. The molecule has 3 rings (SSSR count). The number of aromatic nitrogens is 1. The van der Waals surface area contributed by atoms with E-state index in [1.165, 1.54) is 41.2 Å². The van der Waals surface area contributed by atoms with Crippen molar-refractivity contribution in [2.24, 2.45) is 0 Å². The number of amides is 1. The van der Waals surface area contributed by atoms with Crippen LogP contribution in [0.3, 0.4) is 0 Å². The molecule has 1 heterocycles. The predicted octanol–water partition coefficient (Wildman–Crippen LogP) is 5.11. The lowest BCUT2D eigenvalue weighted by molar-refractivity contribution is 0.0696. The van der Waals surface area contributed by atoms with Crippen molar-refractivity contribution in [3.8, 4) is 17.0 Å². The number of nitrogens with zero attached hydrogens (tertiary/aromatic N) is 1. The Kier molecular flexibility index (Phi) is 6.61. The van der Waals surface area contributed by atoms with Gasteiger partial charge in [0, 0.05) is 16.5 Å². The summed E-state index contributed by atoms with van der Waals surface area (Å²) in [4.78, 5) is 27.8. The molecule has 0 aliphatic heterocycles. The summed E-state index contributed by atoms with van der Waals surface area (Å²) in [5, 5.41) is 14.0. The van der Waals surface area contributed by atoms with Crippen LogP contribution >= 0.6 is 11.3 Å². The Labute approximate surface area is 173 Å². The standard InChI is InChI=1S/C22H22N2O4S/c1-3-4-5-14-6-11-17(12-19(14)28-2)18-13-29-22(23-18)24-20(25)15-7-9-16(10-8-15)21(26)27/h6-13H,3-5H2,1-2H3,(H,26,27)(H,23,24,25). The summed E-state index contributed by atoms with van der Waals surface area (Å²) in [7, 11) is 1.66. The first-order valence-corrected chi connectivity index (χ1v) is 10.2. The maximum absolute atomic E-state index is 12.4. The minimum atomic E-state index is -1.03. The van der Waals surface area contributed by atoms with Crippen molar-refractivity contribution in [3.63, 3.8) is 0 Å². The largest absolute Gasteiger partial charge is 0.496 e. The molecule has 3 aromatic rings. The van der Waals surface area contributed by atoms with E-state index in [4.69, 9.17) is 9.84 Å². The van der Waals surface area contributed by atoms with E-state index in [0.29, 0.717) is 10.7 Å². The summed E-state index contributed by atoms with van der Waals surface area (Å²) in [5.41, 5.74) is 3.35. The molecule has 6 nitrogen and oxygen atoms in total. The number of carboxylic acid groups (broad SMARTS) is 1. The second-order valence-electron chi connectivity index (χ2n) is 6.50. The van der Waals surface area contributed by atoms with E-state index in [2.05, 4.69) is 23.3 Å². The fourth-order valence-electron chi connectivity index (χ4n) is 2.87. The summed E-state index contributed by atoms with van der Waals surface area (Å²) in [6.45, 7) is 2.16. The molecule has 0 unspecified atom stereocenters. The number of aromatic carboxylic acids is 1. The molecule has 0 saturated heterocycles. The molecule has 7 heteroatoms. The Morgan fingerprint density at radius 2 is 1.86 bits per heavy atom. The number of hydrogen-bond acceptors (Lipinski definition) is 5. The fourth-order valence-corrected chi connectivity index (χ4v) is 3.59. The molecule has 1 amide bonds. The number of carboxylic acids is 1. The van der Waals surface area contributed by atoms with Gasteiger partial charge in [-0.1, -0.05) is 25.5 Å². The van der Waals surface area contributed by atoms with Gasteiger partial charge in [0.25, 0.3) is 5.91 Å². The van der Waals surface area contributed by atoms with E-state index < -0.39 is 5.97 Å². The highest BCUT2D eigenvalue weighted by Crippen LogP contribution is 2.30. The van der Waals surface area contributed by atoms with Crippen molar-refractivity contribution in [1.82, 2.24) is 4.98 Å². The summed E-state index contributed by atoms with van der Waals surface area (Å²) in [6.07, 6.45) is 3.20. The van der Waals surface area contributed by atoms with Crippen molar-refractivity contribution in [2.75, 3.05) is 12.4 Å². The Morgan fingerprint density at radius 1 is 1.14 bits per heavy atom. The van der Waals surface area contributed by atoms with Gasteiger partial charge in [-0.05, 0) is 48.7 Å². The summed E-state index contributed by atoms with van der Waals surface area (Å²) in [6, 6.07) is 11.8. The lowest BCUT2D eigenvalue weighted by Gasteiger charge is -2.09. The normalized spacial score (nSPS) is 10.6. The first kappa shape index (κ1) is 20.5. The smallest absolute Gasteiger partial charge is 0.335 e. The fraction of sp³-hybridized carbons (Fsp3) is 0.227. The van der Waals surface area contributed by atoms with E-state index in [1.807, 2.05) is 17.5 Å². The van der Waals surface area contributed by atoms with E-state index in [9.17, 15) is 9.59 Å². The van der Waals surface area contributed by atoms with E-state index >= 15 is 0 Å². The number of nitrogens with one attached hydrogen (secondary N) is 1. The molecular weight excluding hydrogens is 388 g/mol. The highest BCUT2D eigenvalue weighted by Gasteiger charge is 2.12. The number of carbonyl (C=O) groups is 2. The average Bonchev–Trinajstić information content (AvgIpc) is 3.20. The number of hydrogen-bond donors (Lipinski definition) is 2. The second-order valence-corrected chi connectivity index (χ2v) is 7.36. The van der Waals surface area contributed by atoms with Gasteiger partial charge in [-0.25, -0.2) is 9.78 Å². The number of thiazole rings is 1. The quantitative estimate of drug-likeness (QED) is 0.539. The lowest BCUT2D eigenvalue weighted by Crippen LogP contribution is -2.12. The Balaban J connectivity index is 1.73. The maximum Gasteiger partial charge on any atom is 0.335 e. The van der Waals surface area contributed by atoms with Crippen LogP contribution in [0.1, 0.15) is 46.0 Å². The molecule has 2 aromatic carbocycles. The van der Waals surface area contributed by atoms with Gasteiger partial charge in [0.1, 0.15) is 5.75 Å². The molecule has 0 atom stereocenters. The minimum absolute atomic E-state index is 0.134. The lowest BCUT2D eigenvalue weighted by atomic mass is 10.0. The second kappa shape index (κ2) is 9.34. The van der Waals surface area contributed by atoms with Gasteiger partial charge in [0.2, 0.25) is 0 Å². The number of rotatable bonds is 8. The first-order valence-electron chi connectivity index (χ1n) is 9.29. The molecule has 0 aliphatic carbocycles. The third kappa shape index (κ3) is 5.00. The molecule has 0 aliphatic rings. The van der Waals surface area contributed by atoms with E-state index in [-0.39, 0.29) is 11.5 Å². The molecule has 29 heavy (non-hydrogen) atoms. The zero-order chi connectivity index (χ0) is 20.8. The van der Waals surface area contributed by atoms with Crippen LogP contribution < -0.4 is 10.1 Å². The van der Waals surface area contributed by atoms with Gasteiger partial charge < -0.3 is 9.84 Å². The number of carbonyl (C=O) groups excluding carboxylic acids is 1. The third-order valence-corrected chi connectivity index (χ3v) is 5.26. The molecular formula is C22H22N2O4S. The number of aryl methyl sites for hydroxylation is 1. The zero-order valence-electron chi connectivity index (χ0n) is 16.3. The van der Waals surface area contributed by atoms with Crippen molar-refractivity contribution in [1.29, 1.82) is 0 Å². The number of methoxy groups -OCH3 is 1. The van der Waals surface area contributed by atoms with Crippen LogP contribution in [0.2, 0.25) is 0 Å². The number of ether oxygens (including phenoxy) is 1. The maximum atomic E-state index is 12.4. The molecule has 0 fully saturated rings. The highest BCUT2D eigenvalue weighted by molar-refractivity contribution is 7.14. The van der Waals surface area contributed by atoms with Gasteiger partial charge in [-0.15, -0.1) is 11.3 Å². The molecule has 2 N–H and O–H groups in total. The number of unbranched alkanes of at least 4 members (excludes halogenated alkanes) is 1. The molecule has 1 aromatic heterocycles. The highest BCUT2D eigenvalue weighted by atomic mass is 32.1. The van der Waals surface area contributed by atoms with Gasteiger partial charge in [-0.3, -0.25) is 10.1 Å². The van der Waals surface area contributed by atoms with Gasteiger partial charge >= 0.3 is 5.97 Å². The van der Waals surface area contributed by atoms with Crippen molar-refractivity contribution >= 4 is 28.3 Å². The van der Waals surface area contributed by atoms with E-state index in [1.54, 1.807) is 7.11 Å². The van der Waals surface area contributed by atoms with Crippen LogP contribution in [-0.4, -0.2) is 29.1 Å². The Hall–Kier alpha value is -3.19. The molecule has 0 saturated carbocycles. The van der Waals surface area contributed by atoms with Crippen LogP contribution in [0.4, 0.5) is 5.13 Å². The van der Waals surface area contributed by atoms with Gasteiger partial charge in [0.15, 0.2) is 5.13 Å².